The van der Waals surface area contributed by atoms with Gasteiger partial charge in [-0.05, 0) is 29.8 Å². The molecule has 1 aromatic carbocycles. The van der Waals surface area contributed by atoms with Crippen molar-refractivity contribution >= 4 is 28.7 Å². The van der Waals surface area contributed by atoms with Gasteiger partial charge in [-0.1, -0.05) is 6.07 Å². The molecule has 4 aromatic rings. The van der Waals surface area contributed by atoms with Crippen LogP contribution in [0.5, 0.6) is 0 Å². The molecule has 1 N–H and O–H groups in total. The van der Waals surface area contributed by atoms with Crippen molar-refractivity contribution in [2.75, 3.05) is 0 Å². The number of rotatable bonds is 4. The zero-order valence-corrected chi connectivity index (χ0v) is 14.7. The van der Waals surface area contributed by atoms with Crippen LogP contribution in [-0.2, 0) is 6.54 Å². The number of aldehydes is 1. The average molecular weight is 394 g/mol. The Morgan fingerprint density at radius 3 is 2.79 bits per heavy atom. The second-order valence-electron chi connectivity index (χ2n) is 6.22. The van der Waals surface area contributed by atoms with E-state index in [1.54, 1.807) is 24.4 Å². The van der Waals surface area contributed by atoms with Crippen molar-refractivity contribution in [3.8, 4) is 0 Å². The van der Waals surface area contributed by atoms with Gasteiger partial charge in [-0.15, -0.1) is 0 Å². The third-order valence-corrected chi connectivity index (χ3v) is 4.32. The lowest BCUT2D eigenvalue weighted by Crippen LogP contribution is -2.27. The Hall–Kier alpha value is -4.01. The van der Waals surface area contributed by atoms with Gasteiger partial charge >= 0.3 is 0 Å². The summed E-state index contributed by atoms with van der Waals surface area (Å²) >= 11 is 0. The van der Waals surface area contributed by atoms with E-state index in [9.17, 15) is 23.2 Å². The number of carbonyl (C=O) groups is 2. The first kappa shape index (κ1) is 18.4. The molecule has 0 unspecified atom stereocenters. The fraction of sp³-hybridized carbons (Fsp3) is 0.0500. The Labute approximate surface area is 161 Å². The number of carbonyl (C=O) groups excluding carboxylic acids is 2. The molecule has 0 aliphatic carbocycles. The first-order valence-corrected chi connectivity index (χ1v) is 8.46. The molecule has 0 fully saturated rings. The molecule has 3 aromatic heterocycles. The lowest BCUT2D eigenvalue weighted by atomic mass is 10.1. The number of fused-ring (bicyclic) bond motifs is 2. The van der Waals surface area contributed by atoms with E-state index in [0.717, 1.165) is 6.07 Å². The van der Waals surface area contributed by atoms with Crippen molar-refractivity contribution in [2.45, 2.75) is 6.54 Å². The fourth-order valence-corrected chi connectivity index (χ4v) is 2.91. The quantitative estimate of drug-likeness (QED) is 0.536. The van der Waals surface area contributed by atoms with Crippen LogP contribution in [0.4, 0.5) is 8.78 Å². The summed E-state index contributed by atoms with van der Waals surface area (Å²) in [5.41, 5.74) is -0.257. The second kappa shape index (κ2) is 7.19. The Morgan fingerprint density at radius 2 is 2.00 bits per heavy atom. The van der Waals surface area contributed by atoms with E-state index in [2.05, 4.69) is 15.3 Å². The number of halogens is 2. The smallest absolute Gasteiger partial charge is 0.270 e. The van der Waals surface area contributed by atoms with Crippen LogP contribution in [0.15, 0.2) is 53.6 Å². The highest BCUT2D eigenvalue weighted by molar-refractivity contribution is 5.92. The van der Waals surface area contributed by atoms with Crippen LogP contribution in [0.3, 0.4) is 0 Å². The first-order valence-electron chi connectivity index (χ1n) is 8.46. The average Bonchev–Trinajstić information content (AvgIpc) is 2.74. The minimum atomic E-state index is -1.25. The first-order chi connectivity index (χ1) is 14.0. The Balaban J connectivity index is 1.59. The van der Waals surface area contributed by atoms with Gasteiger partial charge in [0.2, 0.25) is 0 Å². The molecule has 7 nitrogen and oxygen atoms in total. The van der Waals surface area contributed by atoms with Crippen molar-refractivity contribution in [1.29, 1.82) is 0 Å². The predicted octanol–water partition coefficient (Wildman–Crippen LogP) is 2.26. The molecule has 144 valence electrons. The molecule has 9 heteroatoms. The number of hydrogen-bond acceptors (Lipinski definition) is 5. The van der Waals surface area contributed by atoms with E-state index in [0.29, 0.717) is 11.2 Å². The number of pyridine rings is 2. The standard InChI is InChI=1S/C20H12F2N4O3/c21-17-13(10-27)6-12-5-11(8-23-19(12)18(17)22)9-24-20(29)14-7-16(28)26-4-2-1-3-15(26)25-14/h1-8,10H,9H2,(H,24,29). The van der Waals surface area contributed by atoms with Crippen LogP contribution < -0.4 is 10.9 Å². The summed E-state index contributed by atoms with van der Waals surface area (Å²) < 4.78 is 29.0. The molecule has 0 saturated carbocycles. The van der Waals surface area contributed by atoms with Gasteiger partial charge in [0, 0.05) is 30.4 Å². The van der Waals surface area contributed by atoms with E-state index >= 15 is 0 Å². The zero-order chi connectivity index (χ0) is 20.5. The van der Waals surface area contributed by atoms with Crippen LogP contribution >= 0.6 is 0 Å². The molecule has 0 saturated heterocycles. The van der Waals surface area contributed by atoms with Gasteiger partial charge in [0.15, 0.2) is 17.9 Å². The van der Waals surface area contributed by atoms with E-state index in [1.807, 2.05) is 0 Å². The number of hydrogen-bond donors (Lipinski definition) is 1. The second-order valence-corrected chi connectivity index (χ2v) is 6.22. The molecule has 0 atom stereocenters. The predicted molar refractivity (Wildman–Crippen MR) is 99.7 cm³/mol. The topological polar surface area (TPSA) is 93.4 Å². The van der Waals surface area contributed by atoms with Crippen LogP contribution in [-0.4, -0.2) is 26.6 Å². The summed E-state index contributed by atoms with van der Waals surface area (Å²) in [4.78, 5) is 43.4. The van der Waals surface area contributed by atoms with Crippen LogP contribution in [0, 0.1) is 11.6 Å². The summed E-state index contributed by atoms with van der Waals surface area (Å²) in [6.45, 7) is 0.00698. The summed E-state index contributed by atoms with van der Waals surface area (Å²) in [5, 5.41) is 2.82. The van der Waals surface area contributed by atoms with Gasteiger partial charge in [0.05, 0.1) is 5.56 Å². The van der Waals surface area contributed by atoms with Gasteiger partial charge in [-0.2, -0.15) is 0 Å². The molecule has 29 heavy (non-hydrogen) atoms. The minimum Gasteiger partial charge on any atom is -0.347 e. The molecule has 0 aliphatic heterocycles. The number of amides is 1. The molecule has 0 aliphatic rings. The Morgan fingerprint density at radius 1 is 1.17 bits per heavy atom. The van der Waals surface area contributed by atoms with Crippen LogP contribution in [0.2, 0.25) is 0 Å². The van der Waals surface area contributed by atoms with Crippen LogP contribution in [0.25, 0.3) is 16.6 Å². The van der Waals surface area contributed by atoms with Gasteiger partial charge in [-0.3, -0.25) is 23.8 Å². The third kappa shape index (κ3) is 3.33. The van der Waals surface area contributed by atoms with Crippen molar-refractivity contribution < 1.29 is 18.4 Å². The van der Waals surface area contributed by atoms with Crippen molar-refractivity contribution in [1.82, 2.24) is 19.7 Å². The van der Waals surface area contributed by atoms with Crippen LogP contribution in [0.1, 0.15) is 26.4 Å². The van der Waals surface area contributed by atoms with E-state index in [1.165, 1.54) is 22.7 Å². The molecule has 0 spiro atoms. The Bertz CT molecular complexity index is 1350. The highest BCUT2D eigenvalue weighted by Crippen LogP contribution is 2.22. The number of aromatic nitrogens is 3. The van der Waals surface area contributed by atoms with Gasteiger partial charge in [0.1, 0.15) is 16.9 Å². The number of benzene rings is 1. The molecule has 1 amide bonds. The van der Waals surface area contributed by atoms with Gasteiger partial charge in [-0.25, -0.2) is 13.8 Å². The molecular weight excluding hydrogens is 382 g/mol. The number of nitrogens with zero attached hydrogens (tertiary/aromatic N) is 3. The molecule has 0 radical (unpaired) electrons. The molecule has 3 heterocycles. The van der Waals surface area contributed by atoms with Gasteiger partial charge in [0.25, 0.3) is 11.5 Å². The van der Waals surface area contributed by atoms with Crippen molar-refractivity contribution in [3.05, 3.63) is 87.6 Å². The maximum atomic E-state index is 14.0. The molecular formula is C20H12F2N4O3. The highest BCUT2D eigenvalue weighted by Gasteiger charge is 2.15. The summed E-state index contributed by atoms with van der Waals surface area (Å²) in [5.74, 6) is -3.04. The summed E-state index contributed by atoms with van der Waals surface area (Å²) in [6, 6.07) is 8.76. The zero-order valence-electron chi connectivity index (χ0n) is 14.7. The molecule has 0 bridgehead atoms. The normalized spacial score (nSPS) is 11.0. The number of nitrogens with one attached hydrogen (secondary N) is 1. The third-order valence-electron chi connectivity index (χ3n) is 4.32. The van der Waals surface area contributed by atoms with Gasteiger partial charge < -0.3 is 5.32 Å². The largest absolute Gasteiger partial charge is 0.347 e. The van der Waals surface area contributed by atoms with Crippen molar-refractivity contribution in [2.24, 2.45) is 0 Å². The SMILES string of the molecule is O=Cc1cc2cc(CNC(=O)c3cc(=O)n4ccccc4n3)cnc2c(F)c1F. The maximum absolute atomic E-state index is 14.0. The van der Waals surface area contributed by atoms with E-state index in [-0.39, 0.29) is 29.4 Å². The summed E-state index contributed by atoms with van der Waals surface area (Å²) in [7, 11) is 0. The van der Waals surface area contributed by atoms with E-state index < -0.39 is 28.7 Å². The minimum absolute atomic E-state index is 0.00698. The van der Waals surface area contributed by atoms with E-state index in [4.69, 9.17) is 0 Å². The lowest BCUT2D eigenvalue weighted by Gasteiger charge is -2.08. The lowest BCUT2D eigenvalue weighted by molar-refractivity contribution is 0.0945. The fourth-order valence-electron chi connectivity index (χ4n) is 2.91. The highest BCUT2D eigenvalue weighted by atomic mass is 19.2. The Kier molecular flexibility index (Phi) is 4.55. The monoisotopic (exact) mass is 394 g/mol. The maximum Gasteiger partial charge on any atom is 0.270 e. The molecule has 4 rings (SSSR count). The summed E-state index contributed by atoms with van der Waals surface area (Å²) in [6.07, 6.45) is 3.05. The van der Waals surface area contributed by atoms with Crippen molar-refractivity contribution in [3.63, 3.8) is 0 Å².